The molecule has 2 amide bonds. The van der Waals surface area contributed by atoms with Crippen molar-refractivity contribution in [1.29, 1.82) is 0 Å². The fourth-order valence-corrected chi connectivity index (χ4v) is 5.80. The van der Waals surface area contributed by atoms with E-state index in [-0.39, 0.29) is 28.1 Å². The van der Waals surface area contributed by atoms with E-state index in [0.717, 1.165) is 19.9 Å². The average molecular weight is 593 g/mol. The van der Waals surface area contributed by atoms with E-state index in [1.54, 1.807) is 43.3 Å². The summed E-state index contributed by atoms with van der Waals surface area (Å²) in [5, 5.41) is 2.74. The fraction of sp³-hybridized carbons (Fsp3) is 0.231. The molecule has 0 saturated carbocycles. The van der Waals surface area contributed by atoms with Gasteiger partial charge in [0, 0.05) is 18.1 Å². The van der Waals surface area contributed by atoms with Gasteiger partial charge in [-0.25, -0.2) is 8.42 Å². The standard InChI is InChI=1S/C26H27BrClN3O4S/c1-18-11-13-22(14-12-18)36(34,35)31(24-10-5-4-9-23(24)28)17-25(32)30(19(2)26(33)29-3)16-20-7-6-8-21(27)15-20/h4-15,19H,16-17H2,1-3H3,(H,29,33)/t19-/m1/s1. The van der Waals surface area contributed by atoms with Crippen molar-refractivity contribution in [2.45, 2.75) is 31.3 Å². The molecule has 0 heterocycles. The smallest absolute Gasteiger partial charge is 0.264 e. The molecule has 0 aliphatic rings. The van der Waals surface area contributed by atoms with Gasteiger partial charge in [-0.3, -0.25) is 13.9 Å². The lowest BCUT2D eigenvalue weighted by atomic mass is 10.1. The second-order valence-corrected chi connectivity index (χ2v) is 11.4. The number of nitrogens with one attached hydrogen (secondary N) is 1. The highest BCUT2D eigenvalue weighted by Gasteiger charge is 2.33. The first-order valence-corrected chi connectivity index (χ1v) is 13.7. The highest BCUT2D eigenvalue weighted by molar-refractivity contribution is 9.10. The lowest BCUT2D eigenvalue weighted by molar-refractivity contribution is -0.139. The predicted octanol–water partition coefficient (Wildman–Crippen LogP) is 4.77. The van der Waals surface area contributed by atoms with Crippen LogP contribution in [0.3, 0.4) is 0 Å². The molecular formula is C26H27BrClN3O4S. The van der Waals surface area contributed by atoms with Crippen LogP contribution in [0.15, 0.2) is 82.2 Å². The van der Waals surface area contributed by atoms with E-state index in [1.807, 2.05) is 31.2 Å². The van der Waals surface area contributed by atoms with Crippen LogP contribution in [0.5, 0.6) is 0 Å². The maximum atomic E-state index is 13.7. The Labute approximate surface area is 225 Å². The van der Waals surface area contributed by atoms with Gasteiger partial charge in [-0.1, -0.05) is 69.5 Å². The van der Waals surface area contributed by atoms with Gasteiger partial charge in [-0.05, 0) is 55.8 Å². The third kappa shape index (κ3) is 6.46. The van der Waals surface area contributed by atoms with Crippen molar-refractivity contribution in [3.63, 3.8) is 0 Å². The van der Waals surface area contributed by atoms with Crippen molar-refractivity contribution in [3.8, 4) is 0 Å². The van der Waals surface area contributed by atoms with E-state index < -0.39 is 28.5 Å². The number of carbonyl (C=O) groups excluding carboxylic acids is 2. The Hall–Kier alpha value is -2.88. The molecule has 0 aliphatic carbocycles. The average Bonchev–Trinajstić information content (AvgIpc) is 2.85. The predicted molar refractivity (Wildman–Crippen MR) is 145 cm³/mol. The van der Waals surface area contributed by atoms with Gasteiger partial charge in [-0.2, -0.15) is 0 Å². The molecule has 10 heteroatoms. The summed E-state index contributed by atoms with van der Waals surface area (Å²) >= 11 is 9.80. The van der Waals surface area contributed by atoms with E-state index in [4.69, 9.17) is 11.6 Å². The fourth-order valence-electron chi connectivity index (χ4n) is 3.63. The quantitative estimate of drug-likeness (QED) is 0.388. The zero-order valence-electron chi connectivity index (χ0n) is 20.1. The maximum absolute atomic E-state index is 13.7. The second kappa shape index (κ2) is 11.9. The maximum Gasteiger partial charge on any atom is 0.264 e. The highest BCUT2D eigenvalue weighted by atomic mass is 79.9. The highest BCUT2D eigenvalue weighted by Crippen LogP contribution is 2.31. The number of hydrogen-bond acceptors (Lipinski definition) is 4. The molecular weight excluding hydrogens is 566 g/mol. The van der Waals surface area contributed by atoms with Gasteiger partial charge in [0.2, 0.25) is 11.8 Å². The SMILES string of the molecule is CNC(=O)[C@@H](C)N(Cc1cccc(Br)c1)C(=O)CN(c1ccccc1Cl)S(=O)(=O)c1ccc(C)cc1. The van der Waals surface area contributed by atoms with Crippen LogP contribution in [0, 0.1) is 6.92 Å². The number of aryl methyl sites for hydroxylation is 1. The molecule has 3 aromatic carbocycles. The number of anilines is 1. The second-order valence-electron chi connectivity index (χ2n) is 8.22. The molecule has 1 atom stereocenters. The van der Waals surface area contributed by atoms with Crippen LogP contribution in [0.25, 0.3) is 0 Å². The van der Waals surface area contributed by atoms with Gasteiger partial charge in [0.15, 0.2) is 0 Å². The van der Waals surface area contributed by atoms with Crippen LogP contribution in [-0.4, -0.2) is 44.8 Å². The summed E-state index contributed by atoms with van der Waals surface area (Å²) in [7, 11) is -2.68. The zero-order chi connectivity index (χ0) is 26.5. The lowest BCUT2D eigenvalue weighted by Crippen LogP contribution is -2.50. The minimum absolute atomic E-state index is 0.0266. The summed E-state index contributed by atoms with van der Waals surface area (Å²) in [6.07, 6.45) is 0. The molecule has 190 valence electrons. The van der Waals surface area contributed by atoms with E-state index in [9.17, 15) is 18.0 Å². The van der Waals surface area contributed by atoms with Crippen LogP contribution < -0.4 is 9.62 Å². The summed E-state index contributed by atoms with van der Waals surface area (Å²) in [6.45, 7) is 3.01. The van der Waals surface area contributed by atoms with Gasteiger partial charge >= 0.3 is 0 Å². The van der Waals surface area contributed by atoms with Crippen LogP contribution in [-0.2, 0) is 26.2 Å². The Bertz CT molecular complexity index is 1350. The number of para-hydroxylation sites is 1. The molecule has 0 aliphatic heterocycles. The zero-order valence-corrected chi connectivity index (χ0v) is 23.3. The molecule has 0 fully saturated rings. The number of amides is 2. The molecule has 3 rings (SSSR count). The molecule has 1 N–H and O–H groups in total. The number of halogens is 2. The van der Waals surface area contributed by atoms with Crippen LogP contribution >= 0.6 is 27.5 Å². The van der Waals surface area contributed by atoms with Crippen molar-refractivity contribution < 1.29 is 18.0 Å². The van der Waals surface area contributed by atoms with Gasteiger partial charge < -0.3 is 10.2 Å². The number of likely N-dealkylation sites (N-methyl/N-ethyl adjacent to an activating group) is 1. The topological polar surface area (TPSA) is 86.8 Å². The summed E-state index contributed by atoms with van der Waals surface area (Å²) in [5.41, 5.74) is 1.84. The summed E-state index contributed by atoms with van der Waals surface area (Å²) in [4.78, 5) is 27.6. The first kappa shape index (κ1) is 27.7. The van der Waals surface area contributed by atoms with E-state index in [0.29, 0.717) is 0 Å². The minimum Gasteiger partial charge on any atom is -0.357 e. The molecule has 7 nitrogen and oxygen atoms in total. The Kier molecular flexibility index (Phi) is 9.16. The molecule has 0 bridgehead atoms. The number of benzene rings is 3. The van der Waals surface area contributed by atoms with Crippen LogP contribution in [0.4, 0.5) is 5.69 Å². The first-order chi connectivity index (χ1) is 17.0. The number of carbonyl (C=O) groups is 2. The molecule has 36 heavy (non-hydrogen) atoms. The molecule has 0 spiro atoms. The minimum atomic E-state index is -4.16. The number of nitrogens with zero attached hydrogens (tertiary/aromatic N) is 2. The summed E-state index contributed by atoms with van der Waals surface area (Å²) < 4.78 is 29.3. The largest absolute Gasteiger partial charge is 0.357 e. The summed E-state index contributed by atoms with van der Waals surface area (Å²) in [6, 6.07) is 19.3. The van der Waals surface area contributed by atoms with E-state index in [1.165, 1.54) is 24.1 Å². The number of sulfonamides is 1. The third-order valence-electron chi connectivity index (χ3n) is 5.66. The number of hydrogen-bond donors (Lipinski definition) is 1. The van der Waals surface area contributed by atoms with Crippen LogP contribution in [0.2, 0.25) is 5.02 Å². The van der Waals surface area contributed by atoms with Crippen molar-refractivity contribution >= 4 is 55.1 Å². The molecule has 3 aromatic rings. The number of rotatable bonds is 9. The van der Waals surface area contributed by atoms with E-state index in [2.05, 4.69) is 21.2 Å². The van der Waals surface area contributed by atoms with Gasteiger partial charge in [0.05, 0.1) is 15.6 Å². The lowest BCUT2D eigenvalue weighted by Gasteiger charge is -2.32. The summed E-state index contributed by atoms with van der Waals surface area (Å²) in [5.74, 6) is -0.925. The van der Waals surface area contributed by atoms with Crippen molar-refractivity contribution in [1.82, 2.24) is 10.2 Å². The molecule has 0 aromatic heterocycles. The monoisotopic (exact) mass is 591 g/mol. The Balaban J connectivity index is 2.05. The van der Waals surface area contributed by atoms with Gasteiger partial charge in [0.1, 0.15) is 12.6 Å². The molecule has 0 saturated heterocycles. The van der Waals surface area contributed by atoms with Crippen molar-refractivity contribution in [2.24, 2.45) is 0 Å². The first-order valence-electron chi connectivity index (χ1n) is 11.1. The normalized spacial score (nSPS) is 12.0. The Morgan fingerprint density at radius 1 is 1.03 bits per heavy atom. The van der Waals surface area contributed by atoms with Crippen molar-refractivity contribution in [2.75, 3.05) is 17.9 Å². The van der Waals surface area contributed by atoms with Crippen molar-refractivity contribution in [3.05, 3.63) is 93.4 Å². The van der Waals surface area contributed by atoms with E-state index >= 15 is 0 Å². The Morgan fingerprint density at radius 2 is 1.69 bits per heavy atom. The molecule has 0 radical (unpaired) electrons. The Morgan fingerprint density at radius 3 is 2.31 bits per heavy atom. The van der Waals surface area contributed by atoms with Gasteiger partial charge in [-0.15, -0.1) is 0 Å². The third-order valence-corrected chi connectivity index (χ3v) is 8.25. The molecule has 0 unspecified atom stereocenters. The van der Waals surface area contributed by atoms with Crippen LogP contribution in [0.1, 0.15) is 18.1 Å². The van der Waals surface area contributed by atoms with Gasteiger partial charge in [0.25, 0.3) is 10.0 Å².